The lowest BCUT2D eigenvalue weighted by molar-refractivity contribution is -0.210. The van der Waals surface area contributed by atoms with Crippen molar-refractivity contribution >= 4 is 17.7 Å². The number of fused-ring (bicyclic) bond motifs is 7. The van der Waals surface area contributed by atoms with Crippen molar-refractivity contribution in [1.29, 1.82) is 0 Å². The molecule has 0 radical (unpaired) electrons. The first-order valence-corrected chi connectivity index (χ1v) is 18.3. The summed E-state index contributed by atoms with van der Waals surface area (Å²) in [5, 5.41) is 0. The second-order valence-electron chi connectivity index (χ2n) is 18.3. The first-order chi connectivity index (χ1) is 21.4. The summed E-state index contributed by atoms with van der Waals surface area (Å²) >= 11 is 0. The smallest absolute Gasteiger partial charge is 0.312 e. The quantitative estimate of drug-likeness (QED) is 0.295. The fourth-order valence-corrected chi connectivity index (χ4v) is 12.3. The fourth-order valence-electron chi connectivity index (χ4n) is 12.3. The maximum absolute atomic E-state index is 14.7. The van der Waals surface area contributed by atoms with Crippen LogP contribution in [0.5, 0.6) is 0 Å². The van der Waals surface area contributed by atoms with Gasteiger partial charge in [-0.05, 0) is 111 Å². The van der Waals surface area contributed by atoms with Gasteiger partial charge in [0.1, 0.15) is 12.2 Å². The van der Waals surface area contributed by atoms with E-state index in [0.29, 0.717) is 11.7 Å². The number of hydrogen-bond acceptors (Lipinski definition) is 7. The van der Waals surface area contributed by atoms with Gasteiger partial charge in [0.25, 0.3) is 0 Å². The Morgan fingerprint density at radius 1 is 0.957 bits per heavy atom. The Bertz CT molecular complexity index is 1280. The van der Waals surface area contributed by atoms with Crippen LogP contribution in [0.1, 0.15) is 120 Å². The van der Waals surface area contributed by atoms with Gasteiger partial charge in [0.15, 0.2) is 5.78 Å². The average Bonchev–Trinajstić information content (AvgIpc) is 2.97. The van der Waals surface area contributed by atoms with Gasteiger partial charge in [-0.25, -0.2) is 0 Å². The molecule has 0 amide bonds. The Morgan fingerprint density at radius 2 is 1.63 bits per heavy atom. The molecule has 3 unspecified atom stereocenters. The average molecular weight is 640 g/mol. The van der Waals surface area contributed by atoms with Gasteiger partial charge in [-0.3, -0.25) is 19.3 Å². The summed E-state index contributed by atoms with van der Waals surface area (Å²) in [4.78, 5) is 43.0. The number of carbonyl (C=O) groups excluding carboxylic acids is 3. The van der Waals surface area contributed by atoms with Crippen LogP contribution in [0.25, 0.3) is 0 Å². The van der Waals surface area contributed by atoms with E-state index in [1.54, 1.807) is 0 Å². The highest BCUT2D eigenvalue weighted by atomic mass is 16.5. The first kappa shape index (κ1) is 34.1. The number of allylic oxidation sites excluding steroid dienone is 2. The van der Waals surface area contributed by atoms with Crippen LogP contribution in [0.3, 0.4) is 0 Å². The highest BCUT2D eigenvalue weighted by Crippen LogP contribution is 2.75. The second kappa shape index (κ2) is 11.4. The van der Waals surface area contributed by atoms with E-state index in [1.165, 1.54) is 12.5 Å². The Hall–Kier alpha value is -1.73. The Kier molecular flexibility index (Phi) is 8.48. The van der Waals surface area contributed by atoms with E-state index in [9.17, 15) is 14.4 Å². The lowest BCUT2D eigenvalue weighted by Crippen LogP contribution is -2.66. The molecule has 4 saturated carbocycles. The molecule has 46 heavy (non-hydrogen) atoms. The molecular weight excluding hydrogens is 578 g/mol. The molecule has 5 aliphatic carbocycles. The molecule has 0 aromatic rings. The van der Waals surface area contributed by atoms with E-state index in [4.69, 9.17) is 14.2 Å². The van der Waals surface area contributed by atoms with E-state index in [1.807, 2.05) is 6.92 Å². The lowest BCUT2D eigenvalue weighted by atomic mass is 9.33. The number of rotatable bonds is 5. The van der Waals surface area contributed by atoms with Crippen LogP contribution in [-0.2, 0) is 28.6 Å². The summed E-state index contributed by atoms with van der Waals surface area (Å²) in [7, 11) is 0. The zero-order valence-electron chi connectivity index (χ0n) is 30.3. The molecule has 0 bridgehead atoms. The molecule has 0 N–H and O–H groups in total. The van der Waals surface area contributed by atoms with Gasteiger partial charge in [-0.15, -0.1) is 0 Å². The van der Waals surface area contributed by atoms with Gasteiger partial charge in [0, 0.05) is 37.9 Å². The van der Waals surface area contributed by atoms with Gasteiger partial charge in [-0.1, -0.05) is 47.1 Å². The third-order valence-electron chi connectivity index (χ3n) is 15.2. The molecule has 1 saturated heterocycles. The normalized spacial score (nSPS) is 46.0. The molecule has 0 spiro atoms. The number of carbonyl (C=O) groups is 3. The van der Waals surface area contributed by atoms with E-state index in [0.717, 1.165) is 90.6 Å². The number of ether oxygens (including phenoxy) is 3. The molecular formula is C39H61NO6. The highest BCUT2D eigenvalue weighted by Gasteiger charge is 2.70. The topological polar surface area (TPSA) is 82.1 Å². The van der Waals surface area contributed by atoms with Crippen molar-refractivity contribution < 1.29 is 28.6 Å². The van der Waals surface area contributed by atoms with Crippen LogP contribution in [0.4, 0.5) is 0 Å². The molecule has 6 aliphatic rings. The summed E-state index contributed by atoms with van der Waals surface area (Å²) < 4.78 is 17.6. The van der Waals surface area contributed by atoms with Gasteiger partial charge >= 0.3 is 11.9 Å². The largest absolute Gasteiger partial charge is 0.462 e. The van der Waals surface area contributed by atoms with E-state index in [-0.39, 0.29) is 63.1 Å². The van der Waals surface area contributed by atoms with Crippen LogP contribution in [0, 0.1) is 50.2 Å². The Labute approximate surface area is 277 Å². The van der Waals surface area contributed by atoms with Crippen LogP contribution in [-0.4, -0.2) is 67.7 Å². The molecule has 1 aliphatic heterocycles. The molecule has 1 heterocycles. The molecule has 258 valence electrons. The van der Waals surface area contributed by atoms with Crippen molar-refractivity contribution in [3.05, 3.63) is 11.6 Å². The van der Waals surface area contributed by atoms with Gasteiger partial charge in [-0.2, -0.15) is 0 Å². The molecule has 6 rings (SSSR count). The zero-order valence-corrected chi connectivity index (χ0v) is 30.3. The van der Waals surface area contributed by atoms with E-state index >= 15 is 0 Å². The number of ketones is 1. The Balaban J connectivity index is 1.28. The summed E-state index contributed by atoms with van der Waals surface area (Å²) in [5.41, 5.74) is 0.224. The van der Waals surface area contributed by atoms with Crippen LogP contribution in [0.2, 0.25) is 0 Å². The molecule has 10 atom stereocenters. The minimum absolute atomic E-state index is 0.0598. The van der Waals surface area contributed by atoms with Gasteiger partial charge in [0.2, 0.25) is 0 Å². The summed E-state index contributed by atoms with van der Waals surface area (Å²) in [6.45, 7) is 23.8. The predicted octanol–water partition coefficient (Wildman–Crippen LogP) is 7.16. The van der Waals surface area contributed by atoms with E-state index < -0.39 is 5.41 Å². The molecule has 7 nitrogen and oxygen atoms in total. The predicted molar refractivity (Wildman–Crippen MR) is 178 cm³/mol. The highest BCUT2D eigenvalue weighted by molar-refractivity contribution is 5.95. The lowest BCUT2D eigenvalue weighted by Gasteiger charge is -2.70. The van der Waals surface area contributed by atoms with Crippen molar-refractivity contribution in [1.82, 2.24) is 4.90 Å². The monoisotopic (exact) mass is 639 g/mol. The van der Waals surface area contributed by atoms with Gasteiger partial charge < -0.3 is 14.2 Å². The van der Waals surface area contributed by atoms with Gasteiger partial charge in [0.05, 0.1) is 18.6 Å². The molecule has 0 aromatic carbocycles. The minimum atomic E-state index is -0.563. The van der Waals surface area contributed by atoms with Crippen molar-refractivity contribution in [2.75, 3.05) is 32.8 Å². The Morgan fingerprint density at radius 3 is 2.30 bits per heavy atom. The molecule has 0 aromatic heterocycles. The number of morpholine rings is 1. The third kappa shape index (κ3) is 5.15. The van der Waals surface area contributed by atoms with Crippen molar-refractivity contribution in [2.45, 2.75) is 132 Å². The summed E-state index contributed by atoms with van der Waals surface area (Å²) in [5.74, 6) is 0.443. The number of hydrogen-bond donors (Lipinski definition) is 0. The van der Waals surface area contributed by atoms with E-state index in [2.05, 4.69) is 59.4 Å². The maximum atomic E-state index is 14.7. The second-order valence-corrected chi connectivity index (χ2v) is 18.3. The SMILES string of the molecule is CC(=O)OC1CC[C@]2(C)[C@H]3C(=O)C=C4[C@@H]5CC(C)(C(=O)OC(C)CN6CCOCC6)CC[C@]5(C)CC[C@@]4(C)[C@]3(C)CC[C@H]2C1(C)C. The minimum Gasteiger partial charge on any atom is -0.462 e. The first-order valence-electron chi connectivity index (χ1n) is 18.3. The van der Waals surface area contributed by atoms with Crippen LogP contribution in [0.15, 0.2) is 11.6 Å². The fraction of sp³-hybridized carbons (Fsp3) is 0.872. The van der Waals surface area contributed by atoms with Crippen LogP contribution >= 0.6 is 0 Å². The number of nitrogens with zero attached hydrogens (tertiary/aromatic N) is 1. The summed E-state index contributed by atoms with van der Waals surface area (Å²) in [6, 6.07) is 0. The zero-order chi connectivity index (χ0) is 33.5. The summed E-state index contributed by atoms with van der Waals surface area (Å²) in [6.07, 6.45) is 10.3. The maximum Gasteiger partial charge on any atom is 0.312 e. The van der Waals surface area contributed by atoms with Crippen molar-refractivity contribution in [2.24, 2.45) is 50.2 Å². The standard InChI is InChI=1S/C39H61NO6/c1-25(24-40-18-20-44-21-19-40)45-33(43)36(6)15-14-35(5)16-17-38(8)27(28(35)23-36)22-29(42)32-37(7)12-11-31(46-26(2)41)34(3,4)30(37)10-13-39(32,38)9/h22,25,28,30-32H,10-21,23-24H2,1-9H3/t25?,28-,30-,31?,32+,35+,36?,37-,38+,39+/m0/s1. The third-order valence-corrected chi connectivity index (χ3v) is 15.2. The molecule has 7 heteroatoms. The van der Waals surface area contributed by atoms with Crippen molar-refractivity contribution in [3.63, 3.8) is 0 Å². The van der Waals surface area contributed by atoms with Crippen LogP contribution < -0.4 is 0 Å². The molecule has 5 fully saturated rings. The number of esters is 2. The van der Waals surface area contributed by atoms with Crippen molar-refractivity contribution in [3.8, 4) is 0 Å².